The summed E-state index contributed by atoms with van der Waals surface area (Å²) in [6.07, 6.45) is 1.76. The maximum atomic E-state index is 13.2. The van der Waals surface area contributed by atoms with Crippen LogP contribution < -0.4 is 10.5 Å². The van der Waals surface area contributed by atoms with Gasteiger partial charge in [0.1, 0.15) is 0 Å². The van der Waals surface area contributed by atoms with Crippen molar-refractivity contribution in [2.75, 3.05) is 0 Å². The monoisotopic (exact) mass is 398 g/mol. The highest BCUT2D eigenvalue weighted by molar-refractivity contribution is 7.90. The Morgan fingerprint density at radius 3 is 1.85 bits per heavy atom. The molecule has 0 amide bonds. The second kappa shape index (κ2) is 6.92. The molecular weight excluding hydrogens is 377 g/mol. The third-order valence-electron chi connectivity index (χ3n) is 5.30. The predicted octanol–water partition coefficient (Wildman–Crippen LogP) is 3.75. The highest BCUT2D eigenvalue weighted by Gasteiger charge is 2.58. The lowest BCUT2D eigenvalue weighted by Gasteiger charge is -2.52. The van der Waals surface area contributed by atoms with Gasteiger partial charge in [-0.2, -0.15) is 17.9 Å². The normalized spacial score (nSPS) is 26.7. The lowest BCUT2D eigenvalue weighted by Crippen LogP contribution is -2.66. The number of nitrogens with two attached hydrogens (primary N) is 1. The minimum Gasteiger partial charge on any atom is -0.320 e. The topological polar surface area (TPSA) is 72.2 Å². The number of rotatable bonds is 4. The molecular formula is C19H21F3N2O2S. The van der Waals surface area contributed by atoms with Crippen molar-refractivity contribution < 1.29 is 21.6 Å². The van der Waals surface area contributed by atoms with Crippen LogP contribution >= 0.6 is 0 Å². The van der Waals surface area contributed by atoms with Crippen LogP contribution in [0.4, 0.5) is 13.2 Å². The Bertz CT molecular complexity index is 888. The molecule has 2 atom stereocenters. The Labute approximate surface area is 156 Å². The van der Waals surface area contributed by atoms with E-state index in [1.807, 2.05) is 4.72 Å². The number of hydrogen-bond acceptors (Lipinski definition) is 3. The SMILES string of the molecule is N[C@]1(c2ccccc2)CCCC[C@]1(NS(=O)(=O)C(F)(F)F)c1ccccc1. The van der Waals surface area contributed by atoms with Gasteiger partial charge >= 0.3 is 15.5 Å². The second-order valence-electron chi connectivity index (χ2n) is 6.87. The third-order valence-corrected chi connectivity index (χ3v) is 6.53. The molecule has 0 radical (unpaired) electrons. The van der Waals surface area contributed by atoms with Crippen molar-refractivity contribution in [3.05, 3.63) is 71.8 Å². The van der Waals surface area contributed by atoms with Gasteiger partial charge in [0.2, 0.25) is 0 Å². The molecule has 0 aromatic heterocycles. The largest absolute Gasteiger partial charge is 0.511 e. The van der Waals surface area contributed by atoms with Gasteiger partial charge in [0, 0.05) is 0 Å². The molecule has 0 spiro atoms. The zero-order valence-corrected chi connectivity index (χ0v) is 15.4. The maximum absolute atomic E-state index is 13.2. The first kappa shape index (κ1) is 19.9. The van der Waals surface area contributed by atoms with Crippen molar-refractivity contribution in [1.82, 2.24) is 4.72 Å². The van der Waals surface area contributed by atoms with E-state index in [1.165, 1.54) is 0 Å². The van der Waals surface area contributed by atoms with Crippen LogP contribution in [0.25, 0.3) is 0 Å². The van der Waals surface area contributed by atoms with Gasteiger partial charge < -0.3 is 5.73 Å². The van der Waals surface area contributed by atoms with E-state index in [9.17, 15) is 21.6 Å². The zero-order valence-electron chi connectivity index (χ0n) is 14.5. The molecule has 0 unspecified atom stereocenters. The average molecular weight is 398 g/mol. The van der Waals surface area contributed by atoms with Crippen LogP contribution in [0.1, 0.15) is 36.8 Å². The molecule has 3 N–H and O–H groups in total. The van der Waals surface area contributed by atoms with Crippen LogP contribution in [0.2, 0.25) is 0 Å². The van der Waals surface area contributed by atoms with Crippen molar-refractivity contribution in [2.45, 2.75) is 42.3 Å². The second-order valence-corrected chi connectivity index (χ2v) is 8.54. The Kier molecular flexibility index (Phi) is 5.09. The molecule has 0 bridgehead atoms. The molecule has 1 aliphatic carbocycles. The Hall–Kier alpha value is -1.90. The van der Waals surface area contributed by atoms with Crippen LogP contribution in [0.15, 0.2) is 60.7 Å². The summed E-state index contributed by atoms with van der Waals surface area (Å²) in [4.78, 5) is 0. The van der Waals surface area contributed by atoms with Crippen molar-refractivity contribution >= 4 is 10.0 Å². The summed E-state index contributed by atoms with van der Waals surface area (Å²) < 4.78 is 65.9. The Morgan fingerprint density at radius 2 is 1.33 bits per heavy atom. The number of sulfonamides is 1. The molecule has 8 heteroatoms. The fraction of sp³-hybridized carbons (Fsp3) is 0.368. The van der Waals surface area contributed by atoms with E-state index in [2.05, 4.69) is 0 Å². The minimum atomic E-state index is -5.61. The van der Waals surface area contributed by atoms with E-state index >= 15 is 0 Å². The van der Waals surface area contributed by atoms with Crippen molar-refractivity contribution in [2.24, 2.45) is 5.73 Å². The van der Waals surface area contributed by atoms with E-state index < -0.39 is 26.6 Å². The Balaban J connectivity index is 2.25. The first-order valence-electron chi connectivity index (χ1n) is 8.63. The Morgan fingerprint density at radius 1 is 0.852 bits per heavy atom. The first-order valence-corrected chi connectivity index (χ1v) is 10.1. The van der Waals surface area contributed by atoms with Gasteiger partial charge in [-0.05, 0) is 24.0 Å². The van der Waals surface area contributed by atoms with Crippen LogP contribution in [-0.4, -0.2) is 13.9 Å². The lowest BCUT2D eigenvalue weighted by atomic mass is 9.62. The summed E-state index contributed by atoms with van der Waals surface area (Å²) in [5.41, 5.74) is -0.599. The van der Waals surface area contributed by atoms with Gasteiger partial charge in [0.25, 0.3) is 0 Å². The van der Waals surface area contributed by atoms with Gasteiger partial charge in [-0.3, -0.25) is 0 Å². The molecule has 4 nitrogen and oxygen atoms in total. The predicted molar refractivity (Wildman–Crippen MR) is 97.0 cm³/mol. The smallest absolute Gasteiger partial charge is 0.320 e. The fourth-order valence-corrected chi connectivity index (χ4v) is 4.95. The van der Waals surface area contributed by atoms with Crippen LogP contribution in [0, 0.1) is 0 Å². The van der Waals surface area contributed by atoms with Crippen molar-refractivity contribution in [3.8, 4) is 0 Å². The molecule has 2 aromatic carbocycles. The minimum absolute atomic E-state index is 0.164. The molecule has 3 rings (SSSR count). The molecule has 0 saturated heterocycles. The van der Waals surface area contributed by atoms with Crippen molar-refractivity contribution in [3.63, 3.8) is 0 Å². The zero-order chi connectivity index (χ0) is 19.8. The first-order chi connectivity index (χ1) is 12.6. The van der Waals surface area contributed by atoms with E-state index in [0.29, 0.717) is 30.4 Å². The summed E-state index contributed by atoms with van der Waals surface area (Å²) in [5.74, 6) is 0. The van der Waals surface area contributed by atoms with Crippen LogP contribution in [-0.2, 0) is 21.1 Å². The van der Waals surface area contributed by atoms with Gasteiger partial charge in [0.15, 0.2) is 0 Å². The van der Waals surface area contributed by atoms with Gasteiger partial charge in [-0.1, -0.05) is 73.5 Å². The summed E-state index contributed by atoms with van der Waals surface area (Å²) in [6.45, 7) is 0. The van der Waals surface area contributed by atoms with E-state index in [-0.39, 0.29) is 6.42 Å². The summed E-state index contributed by atoms with van der Waals surface area (Å²) in [5, 5.41) is 0. The molecule has 1 fully saturated rings. The van der Waals surface area contributed by atoms with Crippen molar-refractivity contribution in [1.29, 1.82) is 0 Å². The number of alkyl halides is 3. The number of benzene rings is 2. The summed E-state index contributed by atoms with van der Waals surface area (Å²) >= 11 is 0. The van der Waals surface area contributed by atoms with Crippen LogP contribution in [0.3, 0.4) is 0 Å². The number of nitrogens with one attached hydrogen (secondary N) is 1. The lowest BCUT2D eigenvalue weighted by molar-refractivity contribution is -0.0470. The molecule has 2 aromatic rings. The molecule has 1 aliphatic rings. The van der Waals surface area contributed by atoms with Gasteiger partial charge in [0.05, 0.1) is 11.1 Å². The van der Waals surface area contributed by atoms with E-state index in [0.717, 1.165) is 0 Å². The average Bonchev–Trinajstić information content (AvgIpc) is 2.64. The summed E-state index contributed by atoms with van der Waals surface area (Å²) in [6, 6.07) is 17.0. The summed E-state index contributed by atoms with van der Waals surface area (Å²) in [7, 11) is -5.61. The highest BCUT2D eigenvalue weighted by atomic mass is 32.2. The molecule has 0 aliphatic heterocycles. The molecule has 1 saturated carbocycles. The molecule has 27 heavy (non-hydrogen) atoms. The van der Waals surface area contributed by atoms with Gasteiger partial charge in [-0.25, -0.2) is 8.42 Å². The maximum Gasteiger partial charge on any atom is 0.511 e. The highest BCUT2D eigenvalue weighted by Crippen LogP contribution is 2.50. The number of halogens is 3. The third kappa shape index (κ3) is 3.37. The standard InChI is InChI=1S/C19H21F3N2O2S/c20-19(21,22)27(25,26)24-18(16-11-5-2-6-12-16)14-8-7-13-17(18,23)15-9-3-1-4-10-15/h1-6,9-12,24H,7-8,13-14,23H2/t17-,18-/m0/s1. The molecule has 146 valence electrons. The quantitative estimate of drug-likeness (QED) is 0.824. The van der Waals surface area contributed by atoms with E-state index in [4.69, 9.17) is 5.73 Å². The molecule has 0 heterocycles. The van der Waals surface area contributed by atoms with Crippen LogP contribution in [0.5, 0.6) is 0 Å². The number of hydrogen-bond donors (Lipinski definition) is 2. The van der Waals surface area contributed by atoms with Gasteiger partial charge in [-0.15, -0.1) is 0 Å². The van der Waals surface area contributed by atoms with E-state index in [1.54, 1.807) is 60.7 Å². The fourth-order valence-electron chi connectivity index (χ4n) is 3.97.